The van der Waals surface area contributed by atoms with Gasteiger partial charge in [-0.2, -0.15) is 5.26 Å². The molecule has 1 fully saturated rings. The van der Waals surface area contributed by atoms with Crippen LogP contribution in [0.5, 0.6) is 0 Å². The third-order valence-corrected chi connectivity index (χ3v) is 4.32. The Kier molecular flexibility index (Phi) is 7.36. The second-order valence-corrected chi connectivity index (χ2v) is 6.35. The minimum absolute atomic E-state index is 0.0688. The van der Waals surface area contributed by atoms with Gasteiger partial charge in [-0.25, -0.2) is 4.98 Å². The Morgan fingerprint density at radius 2 is 2.08 bits per heavy atom. The predicted octanol–water partition coefficient (Wildman–Crippen LogP) is 0.0599. The summed E-state index contributed by atoms with van der Waals surface area (Å²) in [5.41, 5.74) is 0.565. The van der Waals surface area contributed by atoms with Gasteiger partial charge in [0.2, 0.25) is 11.8 Å². The quantitative estimate of drug-likeness (QED) is 0.741. The van der Waals surface area contributed by atoms with E-state index < -0.39 is 0 Å². The molecule has 8 nitrogen and oxygen atoms in total. The molecule has 140 valence electrons. The molecule has 0 aliphatic carbocycles. The molecule has 1 saturated heterocycles. The first-order valence-electron chi connectivity index (χ1n) is 8.88. The monoisotopic (exact) mass is 358 g/mol. The number of rotatable bonds is 7. The molecule has 8 heteroatoms. The molecular formula is C18H26N6O2. The summed E-state index contributed by atoms with van der Waals surface area (Å²) in [6, 6.07) is 5.68. The highest BCUT2D eigenvalue weighted by molar-refractivity contribution is 5.85. The lowest BCUT2D eigenvalue weighted by molar-refractivity contribution is -0.135. The second kappa shape index (κ2) is 9.73. The van der Waals surface area contributed by atoms with Crippen LogP contribution in [0.15, 0.2) is 18.3 Å². The van der Waals surface area contributed by atoms with Crippen molar-refractivity contribution in [3.63, 3.8) is 0 Å². The molecule has 1 aromatic heterocycles. The van der Waals surface area contributed by atoms with Crippen LogP contribution in [0.1, 0.15) is 18.9 Å². The van der Waals surface area contributed by atoms with Crippen LogP contribution >= 0.6 is 0 Å². The average Bonchev–Trinajstić information content (AvgIpc) is 2.66. The topological polar surface area (TPSA) is 92.6 Å². The first-order valence-corrected chi connectivity index (χ1v) is 8.88. The number of carbonyl (C=O) groups is 2. The SMILES string of the molecule is CCCNC(=O)CN(C)C(=O)CN1CCN(c2ncccc2C#N)CC1. The van der Waals surface area contributed by atoms with E-state index in [9.17, 15) is 14.9 Å². The fourth-order valence-corrected chi connectivity index (χ4v) is 2.79. The van der Waals surface area contributed by atoms with E-state index >= 15 is 0 Å². The molecule has 0 spiro atoms. The van der Waals surface area contributed by atoms with Crippen molar-refractivity contribution in [3.05, 3.63) is 23.9 Å². The maximum absolute atomic E-state index is 12.3. The van der Waals surface area contributed by atoms with Crippen LogP contribution in [0.2, 0.25) is 0 Å². The van der Waals surface area contributed by atoms with Crippen LogP contribution in [0.25, 0.3) is 0 Å². The van der Waals surface area contributed by atoms with Crippen molar-refractivity contribution < 1.29 is 9.59 Å². The number of carbonyl (C=O) groups excluding carboxylic acids is 2. The maximum atomic E-state index is 12.3. The standard InChI is InChI=1S/C18H26N6O2/c1-3-6-20-16(25)13-22(2)17(26)14-23-8-10-24(11-9-23)18-15(12-19)5-4-7-21-18/h4-5,7H,3,6,8-11,13-14H2,1-2H3,(H,20,25). The number of amides is 2. The van der Waals surface area contributed by atoms with Crippen LogP contribution in [-0.4, -0.2) is 79.5 Å². The number of aromatic nitrogens is 1. The first-order chi connectivity index (χ1) is 12.5. The summed E-state index contributed by atoms with van der Waals surface area (Å²) in [6.07, 6.45) is 2.56. The Morgan fingerprint density at radius 3 is 2.73 bits per heavy atom. The van der Waals surface area contributed by atoms with Gasteiger partial charge in [-0.3, -0.25) is 14.5 Å². The minimum atomic E-state index is -0.133. The summed E-state index contributed by atoms with van der Waals surface area (Å²) in [5.74, 6) is 0.498. The third-order valence-electron chi connectivity index (χ3n) is 4.32. The largest absolute Gasteiger partial charge is 0.355 e. The van der Waals surface area contributed by atoms with Crippen LogP contribution < -0.4 is 10.2 Å². The summed E-state index contributed by atoms with van der Waals surface area (Å²) < 4.78 is 0. The number of piperazine rings is 1. The number of anilines is 1. The molecule has 1 aliphatic heterocycles. The number of likely N-dealkylation sites (N-methyl/N-ethyl adjacent to an activating group) is 1. The molecule has 0 saturated carbocycles. The van der Waals surface area contributed by atoms with Crippen molar-refractivity contribution in [1.29, 1.82) is 5.26 Å². The van der Waals surface area contributed by atoms with E-state index in [0.717, 1.165) is 6.42 Å². The number of hydrogen-bond donors (Lipinski definition) is 1. The van der Waals surface area contributed by atoms with Gasteiger partial charge in [0.05, 0.1) is 18.7 Å². The molecule has 1 aliphatic rings. The van der Waals surface area contributed by atoms with Gasteiger partial charge in [-0.15, -0.1) is 0 Å². The zero-order chi connectivity index (χ0) is 18.9. The number of hydrogen-bond acceptors (Lipinski definition) is 6. The van der Waals surface area contributed by atoms with Crippen LogP contribution in [-0.2, 0) is 9.59 Å². The molecule has 2 rings (SSSR count). The molecule has 0 unspecified atom stereocenters. The fourth-order valence-electron chi connectivity index (χ4n) is 2.79. The lowest BCUT2D eigenvalue weighted by Crippen LogP contribution is -2.50. The van der Waals surface area contributed by atoms with E-state index in [2.05, 4.69) is 26.2 Å². The molecule has 26 heavy (non-hydrogen) atoms. The molecule has 2 amide bonds. The van der Waals surface area contributed by atoms with Gasteiger partial charge in [0, 0.05) is 46.0 Å². The third kappa shape index (κ3) is 5.43. The number of pyridine rings is 1. The minimum Gasteiger partial charge on any atom is -0.355 e. The van der Waals surface area contributed by atoms with Gasteiger partial charge in [-0.05, 0) is 18.6 Å². The number of nitriles is 1. The van der Waals surface area contributed by atoms with Gasteiger partial charge in [0.1, 0.15) is 11.9 Å². The summed E-state index contributed by atoms with van der Waals surface area (Å²) in [5, 5.41) is 12.0. The van der Waals surface area contributed by atoms with Gasteiger partial charge >= 0.3 is 0 Å². The van der Waals surface area contributed by atoms with Crippen LogP contribution in [0.4, 0.5) is 5.82 Å². The molecule has 1 N–H and O–H groups in total. The van der Waals surface area contributed by atoms with Gasteiger partial charge in [0.25, 0.3) is 0 Å². The Bertz CT molecular complexity index is 664. The first kappa shape index (κ1) is 19.7. The maximum Gasteiger partial charge on any atom is 0.239 e. The lowest BCUT2D eigenvalue weighted by Gasteiger charge is -2.35. The van der Waals surface area contributed by atoms with E-state index in [1.807, 2.05) is 6.92 Å². The number of nitrogens with zero attached hydrogens (tertiary/aromatic N) is 5. The zero-order valence-corrected chi connectivity index (χ0v) is 15.4. The van der Waals surface area contributed by atoms with E-state index in [4.69, 9.17) is 0 Å². The Morgan fingerprint density at radius 1 is 1.35 bits per heavy atom. The zero-order valence-electron chi connectivity index (χ0n) is 15.4. The fraction of sp³-hybridized carbons (Fsp3) is 0.556. The predicted molar refractivity (Wildman–Crippen MR) is 98.5 cm³/mol. The van der Waals surface area contributed by atoms with Crippen molar-refractivity contribution in [2.24, 2.45) is 0 Å². The lowest BCUT2D eigenvalue weighted by atomic mass is 10.2. The van der Waals surface area contributed by atoms with E-state index in [1.165, 1.54) is 4.90 Å². The number of nitrogens with one attached hydrogen (secondary N) is 1. The summed E-state index contributed by atoms with van der Waals surface area (Å²) in [6.45, 7) is 5.82. The van der Waals surface area contributed by atoms with Gasteiger partial charge in [0.15, 0.2) is 0 Å². The average molecular weight is 358 g/mol. The van der Waals surface area contributed by atoms with E-state index in [0.29, 0.717) is 50.6 Å². The molecular weight excluding hydrogens is 332 g/mol. The summed E-state index contributed by atoms with van der Waals surface area (Å²) in [4.78, 5) is 33.9. The van der Waals surface area contributed by atoms with E-state index in [-0.39, 0.29) is 18.4 Å². The Balaban J connectivity index is 1.80. The molecule has 0 bridgehead atoms. The van der Waals surface area contributed by atoms with Crippen molar-refractivity contribution in [3.8, 4) is 6.07 Å². The Labute approximate surface area is 154 Å². The molecule has 0 aromatic carbocycles. The van der Waals surface area contributed by atoms with Crippen molar-refractivity contribution in [2.75, 3.05) is 57.8 Å². The highest BCUT2D eigenvalue weighted by atomic mass is 16.2. The summed E-state index contributed by atoms with van der Waals surface area (Å²) >= 11 is 0. The summed E-state index contributed by atoms with van der Waals surface area (Å²) in [7, 11) is 1.65. The van der Waals surface area contributed by atoms with E-state index in [1.54, 1.807) is 25.4 Å². The van der Waals surface area contributed by atoms with Crippen LogP contribution in [0.3, 0.4) is 0 Å². The molecule has 0 atom stereocenters. The molecule has 2 heterocycles. The molecule has 1 aromatic rings. The highest BCUT2D eigenvalue weighted by Crippen LogP contribution is 2.17. The van der Waals surface area contributed by atoms with Crippen molar-refractivity contribution >= 4 is 17.6 Å². The Hall–Kier alpha value is -2.66. The highest BCUT2D eigenvalue weighted by Gasteiger charge is 2.23. The van der Waals surface area contributed by atoms with Crippen molar-refractivity contribution in [1.82, 2.24) is 20.1 Å². The van der Waals surface area contributed by atoms with Crippen LogP contribution in [0, 0.1) is 11.3 Å². The second-order valence-electron chi connectivity index (χ2n) is 6.35. The normalized spacial score (nSPS) is 14.6. The molecule has 0 radical (unpaired) electrons. The van der Waals surface area contributed by atoms with Crippen molar-refractivity contribution in [2.45, 2.75) is 13.3 Å². The van der Waals surface area contributed by atoms with Gasteiger partial charge in [-0.1, -0.05) is 6.92 Å². The smallest absolute Gasteiger partial charge is 0.239 e. The van der Waals surface area contributed by atoms with Gasteiger partial charge < -0.3 is 15.1 Å².